The quantitative estimate of drug-likeness (QED) is 0.669. The van der Waals surface area contributed by atoms with Gasteiger partial charge in [-0.3, -0.25) is 14.6 Å². The molecule has 1 fully saturated rings. The number of carbonyl (C=O) groups is 2. The second-order valence-corrected chi connectivity index (χ2v) is 8.17. The molecule has 1 aliphatic rings. The molecule has 1 aliphatic carbocycles. The summed E-state index contributed by atoms with van der Waals surface area (Å²) in [5.74, 6) is -0.276. The molecule has 0 spiro atoms. The van der Waals surface area contributed by atoms with Crippen LogP contribution in [0.3, 0.4) is 0 Å². The predicted octanol–water partition coefficient (Wildman–Crippen LogP) is 4.57. The Morgan fingerprint density at radius 2 is 1.86 bits per heavy atom. The largest absolute Gasteiger partial charge is 0.349 e. The molecule has 2 amide bonds. The van der Waals surface area contributed by atoms with Crippen molar-refractivity contribution in [2.24, 2.45) is 0 Å². The van der Waals surface area contributed by atoms with Crippen molar-refractivity contribution >= 4 is 28.8 Å². The molecule has 6 heteroatoms. The van der Waals surface area contributed by atoms with E-state index in [9.17, 15) is 9.59 Å². The molecule has 0 atom stereocenters. The third kappa shape index (κ3) is 4.12. The van der Waals surface area contributed by atoms with Crippen LogP contribution in [-0.4, -0.2) is 22.8 Å². The van der Waals surface area contributed by atoms with Crippen molar-refractivity contribution in [3.8, 4) is 10.4 Å². The van der Waals surface area contributed by atoms with Crippen molar-refractivity contribution < 1.29 is 9.59 Å². The van der Waals surface area contributed by atoms with Crippen LogP contribution < -0.4 is 10.6 Å². The van der Waals surface area contributed by atoms with Gasteiger partial charge in [0.15, 0.2) is 0 Å². The molecule has 0 unspecified atom stereocenters. The Balaban J connectivity index is 1.50. The highest BCUT2D eigenvalue weighted by atomic mass is 32.1. The van der Waals surface area contributed by atoms with Crippen LogP contribution in [0.15, 0.2) is 48.7 Å². The van der Waals surface area contributed by atoms with E-state index in [1.807, 2.05) is 50.4 Å². The van der Waals surface area contributed by atoms with Gasteiger partial charge in [0.05, 0.1) is 4.88 Å². The average molecular weight is 391 g/mol. The van der Waals surface area contributed by atoms with Gasteiger partial charge in [0, 0.05) is 39.6 Å². The first-order valence-electron chi connectivity index (χ1n) is 9.25. The first-order chi connectivity index (χ1) is 13.5. The number of amides is 2. The molecule has 4 rings (SSSR count). The van der Waals surface area contributed by atoms with E-state index in [1.165, 1.54) is 11.3 Å². The van der Waals surface area contributed by atoms with Gasteiger partial charge >= 0.3 is 0 Å². The summed E-state index contributed by atoms with van der Waals surface area (Å²) in [7, 11) is 0. The average Bonchev–Trinajstić information content (AvgIpc) is 3.35. The second-order valence-electron chi connectivity index (χ2n) is 7.08. The summed E-state index contributed by atoms with van der Waals surface area (Å²) in [6.45, 7) is 3.86. The van der Waals surface area contributed by atoms with Gasteiger partial charge < -0.3 is 10.6 Å². The fraction of sp³-hybridized carbons (Fsp3) is 0.227. The number of aromatic nitrogens is 1. The van der Waals surface area contributed by atoms with Crippen LogP contribution in [0.2, 0.25) is 0 Å². The van der Waals surface area contributed by atoms with Crippen LogP contribution in [0.5, 0.6) is 0 Å². The van der Waals surface area contributed by atoms with Crippen LogP contribution in [-0.2, 0) is 0 Å². The van der Waals surface area contributed by atoms with Gasteiger partial charge in [-0.05, 0) is 62.6 Å². The number of benzene rings is 1. The Hall–Kier alpha value is -2.99. The molecule has 142 valence electrons. The lowest BCUT2D eigenvalue weighted by atomic mass is 10.1. The third-order valence-electron chi connectivity index (χ3n) is 4.69. The summed E-state index contributed by atoms with van der Waals surface area (Å²) < 4.78 is 0. The third-order valence-corrected chi connectivity index (χ3v) is 5.82. The van der Waals surface area contributed by atoms with Crippen molar-refractivity contribution in [2.45, 2.75) is 32.7 Å². The Bertz CT molecular complexity index is 1040. The van der Waals surface area contributed by atoms with Crippen LogP contribution in [0.1, 0.15) is 44.1 Å². The minimum absolute atomic E-state index is 0.0942. The molecule has 5 nitrogen and oxygen atoms in total. The first-order valence-corrected chi connectivity index (χ1v) is 10.1. The number of hydrogen-bond acceptors (Lipinski definition) is 4. The lowest BCUT2D eigenvalue weighted by Crippen LogP contribution is -2.25. The van der Waals surface area contributed by atoms with E-state index < -0.39 is 0 Å². The Kier molecular flexibility index (Phi) is 4.96. The maximum absolute atomic E-state index is 12.7. The lowest BCUT2D eigenvalue weighted by Gasteiger charge is -2.10. The van der Waals surface area contributed by atoms with E-state index >= 15 is 0 Å². The van der Waals surface area contributed by atoms with Gasteiger partial charge in [0.1, 0.15) is 0 Å². The van der Waals surface area contributed by atoms with Crippen molar-refractivity contribution in [3.05, 3.63) is 70.4 Å². The number of hydrogen-bond donors (Lipinski definition) is 2. The highest BCUT2D eigenvalue weighted by molar-refractivity contribution is 7.17. The molecule has 3 aromatic rings. The summed E-state index contributed by atoms with van der Waals surface area (Å²) in [5.41, 5.74) is 4.07. The van der Waals surface area contributed by atoms with E-state index in [2.05, 4.69) is 15.6 Å². The van der Waals surface area contributed by atoms with Gasteiger partial charge in [0.25, 0.3) is 11.8 Å². The molecule has 2 N–H and O–H groups in total. The number of aryl methyl sites for hydroxylation is 2. The van der Waals surface area contributed by atoms with E-state index in [4.69, 9.17) is 0 Å². The summed E-state index contributed by atoms with van der Waals surface area (Å²) in [4.78, 5) is 30.9. The fourth-order valence-electron chi connectivity index (χ4n) is 2.81. The summed E-state index contributed by atoms with van der Waals surface area (Å²) in [5, 5.41) is 5.91. The monoisotopic (exact) mass is 391 g/mol. The van der Waals surface area contributed by atoms with Gasteiger partial charge in [0.2, 0.25) is 0 Å². The zero-order chi connectivity index (χ0) is 19.7. The minimum atomic E-state index is -0.181. The molecule has 1 saturated carbocycles. The maximum Gasteiger partial charge on any atom is 0.265 e. The normalized spacial score (nSPS) is 13.2. The number of nitrogens with one attached hydrogen (secondary N) is 2. The zero-order valence-electron chi connectivity index (χ0n) is 15.8. The number of pyridine rings is 1. The topological polar surface area (TPSA) is 71.1 Å². The Morgan fingerprint density at radius 3 is 2.57 bits per heavy atom. The molecule has 0 saturated heterocycles. The highest BCUT2D eigenvalue weighted by Gasteiger charge is 2.24. The number of rotatable bonds is 5. The molecule has 2 heterocycles. The molecular formula is C22H21N3O2S. The number of anilines is 1. The smallest absolute Gasteiger partial charge is 0.265 e. The maximum atomic E-state index is 12.7. The van der Waals surface area contributed by atoms with Crippen molar-refractivity contribution in [1.82, 2.24) is 10.3 Å². The fourth-order valence-corrected chi connectivity index (χ4v) is 3.70. The molecule has 0 radical (unpaired) electrons. The summed E-state index contributed by atoms with van der Waals surface area (Å²) in [6.07, 6.45) is 3.89. The minimum Gasteiger partial charge on any atom is -0.349 e. The van der Waals surface area contributed by atoms with Gasteiger partial charge in [-0.1, -0.05) is 12.1 Å². The molecular weight excluding hydrogens is 370 g/mol. The molecule has 28 heavy (non-hydrogen) atoms. The first kappa shape index (κ1) is 18.4. The Labute approximate surface area is 167 Å². The van der Waals surface area contributed by atoms with E-state index in [1.54, 1.807) is 12.1 Å². The summed E-state index contributed by atoms with van der Waals surface area (Å²) >= 11 is 1.42. The predicted molar refractivity (Wildman–Crippen MR) is 112 cm³/mol. The van der Waals surface area contributed by atoms with Crippen molar-refractivity contribution in [2.75, 3.05) is 5.32 Å². The number of thiophene rings is 1. The molecule has 1 aromatic carbocycles. The van der Waals surface area contributed by atoms with Gasteiger partial charge in [-0.2, -0.15) is 0 Å². The van der Waals surface area contributed by atoms with Crippen LogP contribution >= 0.6 is 11.3 Å². The summed E-state index contributed by atoms with van der Waals surface area (Å²) in [6, 6.07) is 13.4. The van der Waals surface area contributed by atoms with E-state index in [-0.39, 0.29) is 11.8 Å². The van der Waals surface area contributed by atoms with Crippen molar-refractivity contribution in [1.29, 1.82) is 0 Å². The standard InChI is InChI=1S/C22H21N3O2S/c1-13-3-5-15(21(26)24-17-7-8-17)11-18(13)25-22(27)20-10-9-19(28-20)16-6-4-14(2)23-12-16/h3-6,9-12,17H,7-8H2,1-2H3,(H,24,26)(H,25,27). The molecule has 0 bridgehead atoms. The SMILES string of the molecule is Cc1ccc(-c2ccc(C(=O)Nc3cc(C(=O)NC4CC4)ccc3C)s2)cn1. The van der Waals surface area contributed by atoms with Gasteiger partial charge in [-0.15, -0.1) is 11.3 Å². The highest BCUT2D eigenvalue weighted by Crippen LogP contribution is 2.29. The van der Waals surface area contributed by atoms with E-state index in [0.717, 1.165) is 34.5 Å². The molecule has 2 aromatic heterocycles. The number of nitrogens with zero attached hydrogens (tertiary/aromatic N) is 1. The molecule has 0 aliphatic heterocycles. The van der Waals surface area contributed by atoms with Crippen LogP contribution in [0.25, 0.3) is 10.4 Å². The van der Waals surface area contributed by atoms with Crippen LogP contribution in [0.4, 0.5) is 5.69 Å². The lowest BCUT2D eigenvalue weighted by molar-refractivity contribution is 0.0949. The van der Waals surface area contributed by atoms with E-state index in [0.29, 0.717) is 22.2 Å². The Morgan fingerprint density at radius 1 is 1.04 bits per heavy atom. The number of carbonyl (C=O) groups excluding carboxylic acids is 2. The van der Waals surface area contributed by atoms with Gasteiger partial charge in [-0.25, -0.2) is 0 Å². The second kappa shape index (κ2) is 7.56. The van der Waals surface area contributed by atoms with Crippen molar-refractivity contribution in [3.63, 3.8) is 0 Å². The zero-order valence-corrected chi connectivity index (χ0v) is 16.6. The van der Waals surface area contributed by atoms with Crippen LogP contribution in [0, 0.1) is 13.8 Å².